The van der Waals surface area contributed by atoms with Gasteiger partial charge in [0.15, 0.2) is 16.3 Å². The Morgan fingerprint density at radius 3 is 2.75 bits per heavy atom. The highest BCUT2D eigenvalue weighted by molar-refractivity contribution is 7.71. The summed E-state index contributed by atoms with van der Waals surface area (Å²) in [7, 11) is 0. The first kappa shape index (κ1) is 9.47. The summed E-state index contributed by atoms with van der Waals surface area (Å²) in [6.07, 6.45) is 0. The van der Waals surface area contributed by atoms with Crippen LogP contribution in [0.5, 0.6) is 11.5 Å². The second-order valence-corrected chi connectivity index (χ2v) is 4.06. The highest BCUT2D eigenvalue weighted by Gasteiger charge is 2.15. The van der Waals surface area contributed by atoms with Gasteiger partial charge in [0, 0.05) is 11.3 Å². The zero-order chi connectivity index (χ0) is 11.1. The molecule has 0 amide bonds. The van der Waals surface area contributed by atoms with Gasteiger partial charge >= 0.3 is 0 Å². The summed E-state index contributed by atoms with van der Waals surface area (Å²) in [5.74, 6) is 1.56. The Morgan fingerprint density at radius 1 is 1.19 bits per heavy atom. The molecular weight excluding hydrogens is 224 g/mol. The monoisotopic (exact) mass is 234 g/mol. The maximum absolute atomic E-state index is 5.33. The molecule has 2 heterocycles. The van der Waals surface area contributed by atoms with E-state index in [1.165, 1.54) is 0 Å². The summed E-state index contributed by atoms with van der Waals surface area (Å²) in [6, 6.07) is 5.83. The number of hydrogen-bond acceptors (Lipinski definition) is 3. The number of rotatable bonds is 1. The molecular formula is C11H10N2O2S. The molecule has 0 fully saturated rings. The molecule has 4 nitrogen and oxygen atoms in total. The zero-order valence-electron chi connectivity index (χ0n) is 8.66. The Balaban J connectivity index is 2.14. The van der Waals surface area contributed by atoms with Crippen molar-refractivity contribution in [3.63, 3.8) is 0 Å². The molecule has 0 atom stereocenters. The van der Waals surface area contributed by atoms with Crippen LogP contribution in [0.2, 0.25) is 0 Å². The molecule has 0 radical (unpaired) electrons. The van der Waals surface area contributed by atoms with Gasteiger partial charge in [0.25, 0.3) is 0 Å². The smallest absolute Gasteiger partial charge is 0.231 e. The standard InChI is InChI=1S/C11H10N2O2S/c1-6-10(13-11(16)12-6)7-2-3-8-9(4-7)15-5-14-8/h2-4H,5H2,1H3,(H2,12,13,16). The summed E-state index contributed by atoms with van der Waals surface area (Å²) in [6.45, 7) is 2.27. The second kappa shape index (κ2) is 3.38. The lowest BCUT2D eigenvalue weighted by Crippen LogP contribution is -1.92. The number of aromatic amines is 2. The lowest BCUT2D eigenvalue weighted by atomic mass is 10.1. The second-order valence-electron chi connectivity index (χ2n) is 3.65. The normalized spacial score (nSPS) is 13.1. The van der Waals surface area contributed by atoms with Gasteiger partial charge in [0.05, 0.1) is 5.69 Å². The van der Waals surface area contributed by atoms with Crippen molar-refractivity contribution in [3.05, 3.63) is 28.7 Å². The van der Waals surface area contributed by atoms with Crippen LogP contribution in [0.3, 0.4) is 0 Å². The third kappa shape index (κ3) is 1.40. The first-order valence-electron chi connectivity index (χ1n) is 4.93. The highest BCUT2D eigenvalue weighted by Crippen LogP contribution is 2.35. The lowest BCUT2D eigenvalue weighted by Gasteiger charge is -2.01. The SMILES string of the molecule is Cc1[nH]c(=S)[nH]c1-c1ccc2c(c1)OCO2. The van der Waals surface area contributed by atoms with E-state index in [2.05, 4.69) is 9.97 Å². The van der Waals surface area contributed by atoms with E-state index in [-0.39, 0.29) is 0 Å². The van der Waals surface area contributed by atoms with Crippen LogP contribution in [-0.4, -0.2) is 16.8 Å². The molecule has 1 aromatic carbocycles. The largest absolute Gasteiger partial charge is 0.454 e. The average Bonchev–Trinajstić information content (AvgIpc) is 2.83. The Kier molecular flexibility index (Phi) is 2.00. The predicted molar refractivity (Wildman–Crippen MR) is 62.3 cm³/mol. The summed E-state index contributed by atoms with van der Waals surface area (Å²) in [5.41, 5.74) is 3.04. The van der Waals surface area contributed by atoms with Crippen molar-refractivity contribution in [2.24, 2.45) is 0 Å². The van der Waals surface area contributed by atoms with Crippen molar-refractivity contribution in [1.82, 2.24) is 9.97 Å². The molecule has 1 aromatic heterocycles. The third-order valence-electron chi connectivity index (χ3n) is 2.58. The Labute approximate surface area is 97.2 Å². The average molecular weight is 234 g/mol. The van der Waals surface area contributed by atoms with Gasteiger partial charge in [-0.05, 0) is 37.3 Å². The fourth-order valence-electron chi connectivity index (χ4n) is 1.81. The van der Waals surface area contributed by atoms with Crippen LogP contribution in [0.4, 0.5) is 0 Å². The van der Waals surface area contributed by atoms with Crippen LogP contribution < -0.4 is 9.47 Å². The van der Waals surface area contributed by atoms with E-state index in [0.717, 1.165) is 28.5 Å². The molecule has 5 heteroatoms. The van der Waals surface area contributed by atoms with Crippen LogP contribution in [0.1, 0.15) is 5.69 Å². The summed E-state index contributed by atoms with van der Waals surface area (Å²) < 4.78 is 11.2. The molecule has 3 rings (SSSR count). The number of benzene rings is 1. The van der Waals surface area contributed by atoms with Gasteiger partial charge in [-0.15, -0.1) is 0 Å². The van der Waals surface area contributed by atoms with E-state index < -0.39 is 0 Å². The predicted octanol–water partition coefficient (Wildman–Crippen LogP) is 2.78. The van der Waals surface area contributed by atoms with E-state index in [1.54, 1.807) is 0 Å². The van der Waals surface area contributed by atoms with E-state index in [9.17, 15) is 0 Å². The van der Waals surface area contributed by atoms with Gasteiger partial charge in [0.2, 0.25) is 6.79 Å². The van der Waals surface area contributed by atoms with Gasteiger partial charge in [-0.2, -0.15) is 0 Å². The van der Waals surface area contributed by atoms with E-state index in [0.29, 0.717) is 11.6 Å². The van der Waals surface area contributed by atoms with Gasteiger partial charge < -0.3 is 19.4 Å². The van der Waals surface area contributed by atoms with Crippen LogP contribution in [0, 0.1) is 11.7 Å². The lowest BCUT2D eigenvalue weighted by molar-refractivity contribution is 0.174. The van der Waals surface area contributed by atoms with Crippen molar-refractivity contribution < 1.29 is 9.47 Å². The molecule has 0 saturated carbocycles. The molecule has 2 N–H and O–H groups in total. The third-order valence-corrected chi connectivity index (χ3v) is 2.78. The maximum atomic E-state index is 5.33. The van der Waals surface area contributed by atoms with Gasteiger partial charge in [-0.3, -0.25) is 0 Å². The van der Waals surface area contributed by atoms with Gasteiger partial charge in [-0.25, -0.2) is 0 Å². The topological polar surface area (TPSA) is 50.0 Å². The van der Waals surface area contributed by atoms with Crippen molar-refractivity contribution in [2.75, 3.05) is 6.79 Å². The molecule has 0 saturated heterocycles. The minimum absolute atomic E-state index is 0.293. The minimum Gasteiger partial charge on any atom is -0.454 e. The maximum Gasteiger partial charge on any atom is 0.231 e. The molecule has 0 bridgehead atoms. The number of nitrogens with one attached hydrogen (secondary N) is 2. The number of H-pyrrole nitrogens is 2. The van der Waals surface area contributed by atoms with Crippen LogP contribution in [0.25, 0.3) is 11.3 Å². The quantitative estimate of drug-likeness (QED) is 0.746. The molecule has 0 unspecified atom stereocenters. The summed E-state index contributed by atoms with van der Waals surface area (Å²) >= 11 is 5.05. The minimum atomic E-state index is 0.293. The summed E-state index contributed by atoms with van der Waals surface area (Å²) in [5, 5.41) is 0. The zero-order valence-corrected chi connectivity index (χ0v) is 9.48. The van der Waals surface area contributed by atoms with Crippen molar-refractivity contribution >= 4 is 12.2 Å². The molecule has 1 aliphatic rings. The van der Waals surface area contributed by atoms with Crippen molar-refractivity contribution in [3.8, 4) is 22.8 Å². The number of aryl methyl sites for hydroxylation is 1. The van der Waals surface area contributed by atoms with E-state index in [1.807, 2.05) is 25.1 Å². The number of imidazole rings is 1. The Hall–Kier alpha value is -1.75. The first-order valence-corrected chi connectivity index (χ1v) is 5.34. The Morgan fingerprint density at radius 2 is 2.00 bits per heavy atom. The number of aromatic nitrogens is 2. The first-order chi connectivity index (χ1) is 7.74. The van der Waals surface area contributed by atoms with Crippen molar-refractivity contribution in [1.29, 1.82) is 0 Å². The van der Waals surface area contributed by atoms with Gasteiger partial charge in [0.1, 0.15) is 0 Å². The van der Waals surface area contributed by atoms with Crippen LogP contribution in [-0.2, 0) is 0 Å². The summed E-state index contributed by atoms with van der Waals surface area (Å²) in [4.78, 5) is 6.18. The molecule has 0 aliphatic carbocycles. The fourth-order valence-corrected chi connectivity index (χ4v) is 2.07. The Bertz CT molecular complexity index is 600. The number of fused-ring (bicyclic) bond motifs is 1. The molecule has 1 aliphatic heterocycles. The molecule has 2 aromatic rings. The fraction of sp³-hybridized carbons (Fsp3) is 0.182. The highest BCUT2D eigenvalue weighted by atomic mass is 32.1. The van der Waals surface area contributed by atoms with Crippen molar-refractivity contribution in [2.45, 2.75) is 6.92 Å². The molecule has 0 spiro atoms. The number of ether oxygens (including phenoxy) is 2. The van der Waals surface area contributed by atoms with Gasteiger partial charge in [-0.1, -0.05) is 0 Å². The molecule has 82 valence electrons. The number of hydrogen-bond donors (Lipinski definition) is 2. The van der Waals surface area contributed by atoms with Crippen LogP contribution in [0.15, 0.2) is 18.2 Å². The molecule has 16 heavy (non-hydrogen) atoms. The van der Waals surface area contributed by atoms with E-state index in [4.69, 9.17) is 21.7 Å². The van der Waals surface area contributed by atoms with E-state index >= 15 is 0 Å². The van der Waals surface area contributed by atoms with Crippen LogP contribution >= 0.6 is 12.2 Å².